The molecule has 2 rings (SSSR count). The highest BCUT2D eigenvalue weighted by molar-refractivity contribution is 6.31. The first-order valence-corrected chi connectivity index (χ1v) is 6.82. The van der Waals surface area contributed by atoms with Gasteiger partial charge in [-0.2, -0.15) is 0 Å². The third-order valence-corrected chi connectivity index (χ3v) is 3.64. The molecule has 1 aromatic rings. The van der Waals surface area contributed by atoms with Crippen LogP contribution in [0.25, 0.3) is 0 Å². The highest BCUT2D eigenvalue weighted by Gasteiger charge is 2.23. The summed E-state index contributed by atoms with van der Waals surface area (Å²) >= 11 is 6.15. The molecule has 3 N–H and O–H groups in total. The van der Waals surface area contributed by atoms with Crippen LogP contribution in [0.1, 0.15) is 37.2 Å². The second kappa shape index (κ2) is 6.21. The molecule has 0 radical (unpaired) electrons. The number of nitrogens with two attached hydrogens (primary N) is 1. The van der Waals surface area contributed by atoms with E-state index in [9.17, 15) is 4.79 Å². The van der Waals surface area contributed by atoms with Gasteiger partial charge >= 0.3 is 0 Å². The number of amides is 1. The van der Waals surface area contributed by atoms with Gasteiger partial charge in [0.2, 0.25) is 5.91 Å². The van der Waals surface area contributed by atoms with E-state index in [4.69, 9.17) is 17.3 Å². The highest BCUT2D eigenvalue weighted by atomic mass is 35.5. The standard InChI is InChI=1S/C14H19ClN2O/c15-13-4-2-1-3-12(13)10(9-16)5-8-14(18)17-11-6-7-11/h1-4,10-11H,5-9,16H2,(H,17,18). The predicted octanol–water partition coefficient (Wildman–Crippen LogP) is 2.44. The second-order valence-corrected chi connectivity index (χ2v) is 5.24. The largest absolute Gasteiger partial charge is 0.353 e. The number of nitrogens with one attached hydrogen (secondary N) is 1. The molecule has 0 aliphatic heterocycles. The normalized spacial score (nSPS) is 16.3. The first-order valence-electron chi connectivity index (χ1n) is 6.44. The summed E-state index contributed by atoms with van der Waals surface area (Å²) in [6, 6.07) is 8.13. The molecule has 0 bridgehead atoms. The number of hydrogen-bond acceptors (Lipinski definition) is 2. The Balaban J connectivity index is 1.88. The van der Waals surface area contributed by atoms with Crippen molar-refractivity contribution in [1.29, 1.82) is 0 Å². The maximum atomic E-state index is 11.6. The molecule has 1 unspecified atom stereocenters. The molecule has 0 heterocycles. The Kier molecular flexibility index (Phi) is 4.61. The molecular formula is C14H19ClN2O. The number of rotatable bonds is 6. The van der Waals surface area contributed by atoms with Crippen LogP contribution in [0, 0.1) is 0 Å². The lowest BCUT2D eigenvalue weighted by molar-refractivity contribution is -0.121. The van der Waals surface area contributed by atoms with E-state index in [0.717, 1.165) is 29.8 Å². The molecule has 1 aliphatic carbocycles. The lowest BCUT2D eigenvalue weighted by Crippen LogP contribution is -2.26. The molecule has 1 aliphatic rings. The number of carbonyl (C=O) groups is 1. The van der Waals surface area contributed by atoms with Gasteiger partial charge in [-0.05, 0) is 43.4 Å². The van der Waals surface area contributed by atoms with Crippen molar-refractivity contribution in [2.24, 2.45) is 5.73 Å². The van der Waals surface area contributed by atoms with Crippen LogP contribution in [0.2, 0.25) is 5.02 Å². The minimum Gasteiger partial charge on any atom is -0.353 e. The van der Waals surface area contributed by atoms with Gasteiger partial charge in [-0.3, -0.25) is 4.79 Å². The summed E-state index contributed by atoms with van der Waals surface area (Å²) in [5, 5.41) is 3.72. The number of carbonyl (C=O) groups excluding carboxylic acids is 1. The quantitative estimate of drug-likeness (QED) is 0.831. The van der Waals surface area contributed by atoms with Crippen molar-refractivity contribution in [3.8, 4) is 0 Å². The Morgan fingerprint density at radius 3 is 2.78 bits per heavy atom. The Labute approximate surface area is 113 Å². The monoisotopic (exact) mass is 266 g/mol. The van der Waals surface area contributed by atoms with E-state index in [1.165, 1.54) is 0 Å². The van der Waals surface area contributed by atoms with Gasteiger partial charge < -0.3 is 11.1 Å². The maximum absolute atomic E-state index is 11.6. The van der Waals surface area contributed by atoms with Gasteiger partial charge in [-0.15, -0.1) is 0 Å². The van der Waals surface area contributed by atoms with Crippen molar-refractivity contribution in [2.45, 2.75) is 37.6 Å². The molecule has 1 amide bonds. The minimum absolute atomic E-state index is 0.128. The van der Waals surface area contributed by atoms with Crippen LogP contribution in [-0.2, 0) is 4.79 Å². The molecular weight excluding hydrogens is 248 g/mol. The maximum Gasteiger partial charge on any atom is 0.220 e. The van der Waals surface area contributed by atoms with E-state index >= 15 is 0 Å². The molecule has 3 nitrogen and oxygen atoms in total. The number of hydrogen-bond donors (Lipinski definition) is 2. The molecule has 1 fully saturated rings. The van der Waals surface area contributed by atoms with Gasteiger partial charge in [0.1, 0.15) is 0 Å². The van der Waals surface area contributed by atoms with Gasteiger partial charge in [0, 0.05) is 17.5 Å². The zero-order chi connectivity index (χ0) is 13.0. The molecule has 1 saturated carbocycles. The Hall–Kier alpha value is -1.06. The Bertz CT molecular complexity index is 418. The summed E-state index contributed by atoms with van der Waals surface area (Å²) in [6.07, 6.45) is 3.51. The summed E-state index contributed by atoms with van der Waals surface area (Å²) in [5.41, 5.74) is 6.83. The van der Waals surface area contributed by atoms with Crippen LogP contribution in [0.5, 0.6) is 0 Å². The number of benzene rings is 1. The van der Waals surface area contributed by atoms with Crippen LogP contribution in [0.15, 0.2) is 24.3 Å². The predicted molar refractivity (Wildman–Crippen MR) is 73.6 cm³/mol. The molecule has 0 spiro atoms. The van der Waals surface area contributed by atoms with Gasteiger partial charge in [-0.25, -0.2) is 0 Å². The SMILES string of the molecule is NCC(CCC(=O)NC1CC1)c1ccccc1Cl. The van der Waals surface area contributed by atoms with Gasteiger partial charge in [-0.1, -0.05) is 29.8 Å². The van der Waals surface area contributed by atoms with Gasteiger partial charge in [0.15, 0.2) is 0 Å². The van der Waals surface area contributed by atoms with Crippen molar-refractivity contribution in [3.63, 3.8) is 0 Å². The van der Waals surface area contributed by atoms with Crippen LogP contribution >= 0.6 is 11.6 Å². The number of halogens is 1. The molecule has 1 atom stereocenters. The second-order valence-electron chi connectivity index (χ2n) is 4.83. The molecule has 98 valence electrons. The van der Waals surface area contributed by atoms with E-state index in [0.29, 0.717) is 19.0 Å². The van der Waals surface area contributed by atoms with Gasteiger partial charge in [0.05, 0.1) is 0 Å². The van der Waals surface area contributed by atoms with E-state index in [1.807, 2.05) is 24.3 Å². The first kappa shape index (κ1) is 13.4. The molecule has 4 heteroatoms. The van der Waals surface area contributed by atoms with Crippen LogP contribution in [-0.4, -0.2) is 18.5 Å². The topological polar surface area (TPSA) is 55.1 Å². The minimum atomic E-state index is 0.128. The average Bonchev–Trinajstić information content (AvgIpc) is 3.16. The summed E-state index contributed by atoms with van der Waals surface area (Å²) < 4.78 is 0. The Morgan fingerprint density at radius 2 is 2.17 bits per heavy atom. The fraction of sp³-hybridized carbons (Fsp3) is 0.500. The zero-order valence-electron chi connectivity index (χ0n) is 10.4. The van der Waals surface area contributed by atoms with E-state index in [-0.39, 0.29) is 11.8 Å². The van der Waals surface area contributed by atoms with Crippen LogP contribution < -0.4 is 11.1 Å². The summed E-state index contributed by atoms with van der Waals surface area (Å²) in [6.45, 7) is 0.514. The summed E-state index contributed by atoms with van der Waals surface area (Å²) in [5.74, 6) is 0.284. The third kappa shape index (κ3) is 3.72. The fourth-order valence-corrected chi connectivity index (χ4v) is 2.33. The summed E-state index contributed by atoms with van der Waals surface area (Å²) in [4.78, 5) is 11.6. The van der Waals surface area contributed by atoms with Crippen molar-refractivity contribution in [2.75, 3.05) is 6.54 Å². The van der Waals surface area contributed by atoms with E-state index in [2.05, 4.69) is 5.32 Å². The third-order valence-electron chi connectivity index (χ3n) is 3.29. The van der Waals surface area contributed by atoms with Crippen LogP contribution in [0.3, 0.4) is 0 Å². The van der Waals surface area contributed by atoms with E-state index < -0.39 is 0 Å². The lowest BCUT2D eigenvalue weighted by atomic mass is 9.94. The van der Waals surface area contributed by atoms with Crippen molar-refractivity contribution in [3.05, 3.63) is 34.9 Å². The fourth-order valence-electron chi connectivity index (χ4n) is 2.04. The smallest absolute Gasteiger partial charge is 0.220 e. The van der Waals surface area contributed by atoms with Crippen molar-refractivity contribution >= 4 is 17.5 Å². The molecule has 0 aromatic heterocycles. The summed E-state index contributed by atoms with van der Waals surface area (Å²) in [7, 11) is 0. The molecule has 0 saturated heterocycles. The Morgan fingerprint density at radius 1 is 1.44 bits per heavy atom. The van der Waals surface area contributed by atoms with Crippen molar-refractivity contribution < 1.29 is 4.79 Å². The van der Waals surface area contributed by atoms with Crippen molar-refractivity contribution in [1.82, 2.24) is 5.32 Å². The lowest BCUT2D eigenvalue weighted by Gasteiger charge is -2.16. The van der Waals surface area contributed by atoms with Gasteiger partial charge in [0.25, 0.3) is 0 Å². The molecule has 18 heavy (non-hydrogen) atoms. The average molecular weight is 267 g/mol. The van der Waals surface area contributed by atoms with Crippen LogP contribution in [0.4, 0.5) is 0 Å². The molecule has 1 aromatic carbocycles. The zero-order valence-corrected chi connectivity index (χ0v) is 11.1. The van der Waals surface area contributed by atoms with E-state index in [1.54, 1.807) is 0 Å². The highest BCUT2D eigenvalue weighted by Crippen LogP contribution is 2.27. The first-order chi connectivity index (χ1) is 8.70.